The number of rotatable bonds is 9. The van der Waals surface area contributed by atoms with Gasteiger partial charge >= 0.3 is 0 Å². The molecular weight excluding hydrogens is 485 g/mol. The maximum absolute atomic E-state index is 14.6. The van der Waals surface area contributed by atoms with E-state index in [2.05, 4.69) is 25.5 Å². The van der Waals surface area contributed by atoms with Crippen molar-refractivity contribution in [2.24, 2.45) is 0 Å². The van der Waals surface area contributed by atoms with Crippen molar-refractivity contribution in [1.29, 1.82) is 0 Å². The fraction of sp³-hybridized carbons (Fsp3) is 0.280. The van der Waals surface area contributed by atoms with Crippen LogP contribution in [0.15, 0.2) is 58.0 Å². The highest BCUT2D eigenvalue weighted by Gasteiger charge is 2.19. The van der Waals surface area contributed by atoms with Gasteiger partial charge in [0.25, 0.3) is 11.8 Å². The molecule has 0 aliphatic rings. The molecule has 194 valence electrons. The third kappa shape index (κ3) is 5.88. The highest BCUT2D eigenvalue weighted by atomic mass is 32.2. The molecule has 36 heavy (non-hydrogen) atoms. The Morgan fingerprint density at radius 2 is 1.89 bits per heavy atom. The second-order valence-corrected chi connectivity index (χ2v) is 9.96. The summed E-state index contributed by atoms with van der Waals surface area (Å²) in [4.78, 5) is 9.74. The van der Waals surface area contributed by atoms with E-state index in [0.29, 0.717) is 34.9 Å². The Balaban J connectivity index is 0.00000241. The van der Waals surface area contributed by atoms with Gasteiger partial charge in [-0.25, -0.2) is 9.37 Å². The first kappa shape index (κ1) is 27.2. The molecule has 0 aliphatic heterocycles. The summed E-state index contributed by atoms with van der Waals surface area (Å²) in [7, 11) is 0.580. The van der Waals surface area contributed by atoms with Crippen LogP contribution in [-0.2, 0) is 17.3 Å². The van der Waals surface area contributed by atoms with E-state index in [1.165, 1.54) is 6.07 Å². The van der Waals surface area contributed by atoms with Gasteiger partial charge < -0.3 is 20.3 Å². The van der Waals surface area contributed by atoms with Crippen molar-refractivity contribution >= 4 is 10.8 Å². The Morgan fingerprint density at radius 3 is 2.56 bits per heavy atom. The van der Waals surface area contributed by atoms with Crippen LogP contribution in [0.4, 0.5) is 4.39 Å². The lowest BCUT2D eigenvalue weighted by Gasteiger charge is -2.10. The Bertz CT molecular complexity index is 1360. The van der Waals surface area contributed by atoms with Gasteiger partial charge in [-0.1, -0.05) is 25.1 Å². The van der Waals surface area contributed by atoms with Crippen LogP contribution >= 0.6 is 0 Å². The van der Waals surface area contributed by atoms with Crippen molar-refractivity contribution in [1.82, 2.24) is 25.5 Å². The summed E-state index contributed by atoms with van der Waals surface area (Å²) in [5, 5.41) is 20.0. The van der Waals surface area contributed by atoms with Gasteiger partial charge in [0.1, 0.15) is 11.5 Å². The number of hydrogen-bond donors (Lipinski definition) is 2. The molecule has 4 aromatic rings. The summed E-state index contributed by atoms with van der Waals surface area (Å²) in [6.07, 6.45) is 2.11. The molecule has 0 fully saturated rings. The first-order chi connectivity index (χ1) is 16.9. The predicted molar refractivity (Wildman–Crippen MR) is 139 cm³/mol. The van der Waals surface area contributed by atoms with E-state index in [1.807, 2.05) is 19.1 Å². The molecule has 2 aromatic carbocycles. The summed E-state index contributed by atoms with van der Waals surface area (Å²) in [6.45, 7) is 4.17. The molecule has 2 unspecified atom stereocenters. The van der Waals surface area contributed by atoms with Crippen LogP contribution in [0.2, 0.25) is 0 Å². The highest BCUT2D eigenvalue weighted by molar-refractivity contribution is 7.85. The highest BCUT2D eigenvalue weighted by Crippen LogP contribution is 2.28. The Morgan fingerprint density at radius 1 is 1.17 bits per heavy atom. The second kappa shape index (κ2) is 12.0. The van der Waals surface area contributed by atoms with Crippen LogP contribution in [0.25, 0.3) is 34.3 Å². The van der Waals surface area contributed by atoms with Gasteiger partial charge in [0.05, 0.1) is 33.9 Å². The number of halogens is 1. The number of hydrogen-bond acceptors (Lipinski definition) is 8. The van der Waals surface area contributed by atoms with E-state index in [0.717, 1.165) is 11.1 Å². The molecule has 4 N–H and O–H groups in total. The number of aryl methyl sites for hydroxylation is 1. The molecule has 0 amide bonds. The number of aliphatic hydroxyl groups excluding tert-OH is 1. The summed E-state index contributed by atoms with van der Waals surface area (Å²) in [5.41, 5.74) is 3.36. The molecule has 0 spiro atoms. The van der Waals surface area contributed by atoms with E-state index < -0.39 is 16.6 Å². The van der Waals surface area contributed by atoms with Crippen molar-refractivity contribution in [3.8, 4) is 34.3 Å². The number of nitrogens with one attached hydrogen (secondary N) is 1. The van der Waals surface area contributed by atoms with Crippen LogP contribution in [0.5, 0.6) is 0 Å². The lowest BCUT2D eigenvalue weighted by molar-refractivity contribution is 0.288. The van der Waals surface area contributed by atoms with E-state index in [1.54, 1.807) is 44.4 Å². The van der Waals surface area contributed by atoms with Gasteiger partial charge in [0.2, 0.25) is 0 Å². The topological polar surface area (TPSA) is 146 Å². The molecule has 11 heteroatoms. The lowest BCUT2D eigenvalue weighted by Crippen LogP contribution is -2.12. The van der Waals surface area contributed by atoms with Crippen LogP contribution < -0.4 is 5.32 Å². The number of nitrogens with zero attached hydrogens (tertiary/aromatic N) is 4. The number of aliphatic hydroxyl groups is 1. The van der Waals surface area contributed by atoms with Crippen molar-refractivity contribution in [2.45, 2.75) is 37.0 Å². The van der Waals surface area contributed by atoms with Gasteiger partial charge in [-0.2, -0.15) is 0 Å². The summed E-state index contributed by atoms with van der Waals surface area (Å²) < 4.78 is 32.9. The molecular formula is C25H32FN5O4S. The Labute approximate surface area is 213 Å². The molecule has 0 saturated carbocycles. The number of aromatic nitrogens is 4. The largest absolute Gasteiger partial charge is 0.414 e. The molecule has 0 bridgehead atoms. The van der Waals surface area contributed by atoms with Gasteiger partial charge in [0.15, 0.2) is 0 Å². The van der Waals surface area contributed by atoms with Crippen LogP contribution in [0, 0.1) is 12.7 Å². The third-order valence-corrected chi connectivity index (χ3v) is 7.21. The van der Waals surface area contributed by atoms with Crippen LogP contribution in [0.1, 0.15) is 27.5 Å². The zero-order valence-corrected chi connectivity index (χ0v) is 21.0. The molecule has 2 heterocycles. The van der Waals surface area contributed by atoms with Crippen molar-refractivity contribution in [3.63, 3.8) is 0 Å². The van der Waals surface area contributed by atoms with Gasteiger partial charge in [0, 0.05) is 31.7 Å². The minimum atomic E-state index is -1.21. The molecule has 9 nitrogen and oxygen atoms in total. The molecule has 2 atom stereocenters. The van der Waals surface area contributed by atoms with E-state index in [-0.39, 0.29) is 37.5 Å². The monoisotopic (exact) mass is 517 g/mol. The van der Waals surface area contributed by atoms with Crippen molar-refractivity contribution in [2.75, 3.05) is 13.7 Å². The molecule has 2 aromatic heterocycles. The Hall–Kier alpha value is -3.38. The fourth-order valence-electron chi connectivity index (χ4n) is 3.55. The summed E-state index contributed by atoms with van der Waals surface area (Å²) in [6, 6.07) is 12.1. The first-order valence-electron chi connectivity index (χ1n) is 11.1. The molecule has 4 rings (SSSR count). The van der Waals surface area contributed by atoms with Gasteiger partial charge in [-0.3, -0.25) is 9.19 Å². The Kier molecular flexibility index (Phi) is 9.10. The summed E-state index contributed by atoms with van der Waals surface area (Å²) >= 11 is 0. The lowest BCUT2D eigenvalue weighted by atomic mass is 10.1. The van der Waals surface area contributed by atoms with Crippen LogP contribution in [-0.4, -0.2) is 53.9 Å². The van der Waals surface area contributed by atoms with Gasteiger partial charge in [-0.05, 0) is 50.2 Å². The zero-order valence-electron chi connectivity index (χ0n) is 20.2. The second-order valence-electron chi connectivity index (χ2n) is 8.09. The maximum Gasteiger partial charge on any atom is 0.268 e. The molecule has 0 radical (unpaired) electrons. The standard InChI is InChI=1S/C25H26FN5O3S.H2O.2H2/c1-15(10-11-32)35(33)19-7-5-18(6-8-19)22-14-28-16(2)23(29-22)25-31-30-24(34-25)20-9-4-17(13-27-3)12-21(20)26;;;/h4-9,12,14-15,27,32H,10-11,13H2,1-3H3;1H2;2*1H. The molecule has 0 aliphatic carbocycles. The minimum absolute atomic E-state index is 0. The molecule has 0 saturated heterocycles. The minimum Gasteiger partial charge on any atom is -0.414 e. The van der Waals surface area contributed by atoms with Crippen molar-refractivity contribution < 1.29 is 26.5 Å². The van der Waals surface area contributed by atoms with Crippen LogP contribution in [0.3, 0.4) is 0 Å². The quantitative estimate of drug-likeness (QED) is 0.343. The normalized spacial score (nSPS) is 12.7. The van der Waals surface area contributed by atoms with Gasteiger partial charge in [-0.15, -0.1) is 10.2 Å². The fourth-order valence-corrected chi connectivity index (χ4v) is 4.73. The zero-order chi connectivity index (χ0) is 24.9. The van der Waals surface area contributed by atoms with E-state index in [4.69, 9.17) is 9.52 Å². The van der Waals surface area contributed by atoms with E-state index >= 15 is 0 Å². The first-order valence-corrected chi connectivity index (χ1v) is 12.3. The predicted octanol–water partition coefficient (Wildman–Crippen LogP) is 3.57. The van der Waals surface area contributed by atoms with Crippen molar-refractivity contribution in [3.05, 3.63) is 65.7 Å². The van der Waals surface area contributed by atoms with E-state index in [9.17, 15) is 8.60 Å². The maximum atomic E-state index is 14.6. The SMILES string of the molecule is CNCc1ccc(-c2nnc(-c3nc(-c4ccc(S(=O)C(C)CCO)cc4)cnc3C)o2)c(F)c1.O.[HH].[HH]. The number of benzene rings is 2. The average molecular weight is 518 g/mol. The average Bonchev–Trinajstić information content (AvgIpc) is 3.34. The smallest absolute Gasteiger partial charge is 0.268 e. The summed E-state index contributed by atoms with van der Waals surface area (Å²) in [5.74, 6) is -0.250. The third-order valence-electron chi connectivity index (χ3n) is 5.51.